The highest BCUT2D eigenvalue weighted by atomic mass is 15.0. The number of aromatic nitrogens is 1. The molecule has 0 unspecified atom stereocenters. The lowest BCUT2D eigenvalue weighted by atomic mass is 9.80. The molecule has 0 saturated heterocycles. The second-order valence-electron chi connectivity index (χ2n) is 8.44. The molecule has 0 fully saturated rings. The molecule has 1 aliphatic carbocycles. The zero-order valence-electron chi connectivity index (χ0n) is 15.0. The van der Waals surface area contributed by atoms with Gasteiger partial charge in [-0.3, -0.25) is 0 Å². The molecule has 0 N–H and O–H groups in total. The number of fused-ring (bicyclic) bond motifs is 5. The Morgan fingerprint density at radius 1 is 0.957 bits per heavy atom. The van der Waals surface area contributed by atoms with Crippen LogP contribution in [0.1, 0.15) is 51.3 Å². The summed E-state index contributed by atoms with van der Waals surface area (Å²) in [6.45, 7) is 11.6. The van der Waals surface area contributed by atoms with E-state index in [0.717, 1.165) is 0 Å². The van der Waals surface area contributed by atoms with Crippen LogP contribution in [-0.2, 0) is 17.9 Å². The molecule has 0 atom stereocenters. The van der Waals surface area contributed by atoms with Gasteiger partial charge in [0.1, 0.15) is 0 Å². The van der Waals surface area contributed by atoms with Crippen LogP contribution in [0.5, 0.6) is 0 Å². The predicted octanol–water partition coefficient (Wildman–Crippen LogP) is 5.78. The van der Waals surface area contributed by atoms with Crippen molar-refractivity contribution in [2.75, 3.05) is 0 Å². The number of hydrogen-bond acceptors (Lipinski definition) is 0. The maximum Gasteiger partial charge on any atom is 0.0533 e. The first-order valence-electron chi connectivity index (χ1n) is 8.46. The van der Waals surface area contributed by atoms with Crippen molar-refractivity contribution in [1.82, 2.24) is 4.57 Å². The average molecular weight is 303 g/mol. The van der Waals surface area contributed by atoms with Crippen molar-refractivity contribution in [2.45, 2.75) is 45.4 Å². The van der Waals surface area contributed by atoms with Gasteiger partial charge in [-0.15, -0.1) is 0 Å². The molecular formula is C22H25N. The fourth-order valence-electron chi connectivity index (χ4n) is 4.23. The largest absolute Gasteiger partial charge is 0.343 e. The summed E-state index contributed by atoms with van der Waals surface area (Å²) in [5.41, 5.74) is 8.70. The smallest absolute Gasteiger partial charge is 0.0533 e. The van der Waals surface area contributed by atoms with Gasteiger partial charge in [0, 0.05) is 28.9 Å². The van der Waals surface area contributed by atoms with E-state index >= 15 is 0 Å². The van der Waals surface area contributed by atoms with Crippen molar-refractivity contribution in [1.29, 1.82) is 0 Å². The van der Waals surface area contributed by atoms with E-state index in [1.807, 2.05) is 0 Å². The van der Waals surface area contributed by atoms with E-state index in [1.54, 1.807) is 0 Å². The van der Waals surface area contributed by atoms with Gasteiger partial charge in [0.2, 0.25) is 0 Å². The fraction of sp³-hybridized carbons (Fsp3) is 0.364. The second kappa shape index (κ2) is 4.29. The minimum atomic E-state index is 0.0575. The van der Waals surface area contributed by atoms with Crippen molar-refractivity contribution in [3.05, 3.63) is 59.2 Å². The van der Waals surface area contributed by atoms with Crippen LogP contribution in [0.3, 0.4) is 0 Å². The van der Waals surface area contributed by atoms with Crippen LogP contribution in [0.2, 0.25) is 0 Å². The summed E-state index contributed by atoms with van der Waals surface area (Å²) in [7, 11) is 2.20. The van der Waals surface area contributed by atoms with E-state index < -0.39 is 0 Å². The molecule has 0 amide bonds. The minimum absolute atomic E-state index is 0.0575. The Hall–Kier alpha value is -2.02. The van der Waals surface area contributed by atoms with Gasteiger partial charge in [0.25, 0.3) is 0 Å². The Labute approximate surface area is 139 Å². The van der Waals surface area contributed by atoms with E-state index in [2.05, 4.69) is 88.7 Å². The molecular weight excluding hydrogens is 278 g/mol. The molecule has 0 saturated carbocycles. The van der Waals surface area contributed by atoms with Crippen LogP contribution in [0.25, 0.3) is 22.2 Å². The Morgan fingerprint density at radius 3 is 2.35 bits per heavy atom. The average Bonchev–Trinajstić information content (AvgIpc) is 2.91. The van der Waals surface area contributed by atoms with Gasteiger partial charge in [-0.1, -0.05) is 65.0 Å². The molecule has 3 aromatic rings. The molecule has 1 heterocycles. The highest BCUT2D eigenvalue weighted by molar-refractivity contribution is 5.98. The van der Waals surface area contributed by atoms with Crippen LogP contribution in [0.4, 0.5) is 0 Å². The van der Waals surface area contributed by atoms with Gasteiger partial charge in [-0.05, 0) is 34.2 Å². The molecule has 118 valence electrons. The van der Waals surface area contributed by atoms with Crippen molar-refractivity contribution in [2.24, 2.45) is 7.05 Å². The van der Waals surface area contributed by atoms with Gasteiger partial charge in [-0.2, -0.15) is 0 Å². The first kappa shape index (κ1) is 14.6. The van der Waals surface area contributed by atoms with Crippen LogP contribution < -0.4 is 0 Å². The summed E-state index contributed by atoms with van der Waals surface area (Å²) >= 11 is 0. The number of aryl methyl sites for hydroxylation is 1. The monoisotopic (exact) mass is 303 g/mol. The molecule has 0 bridgehead atoms. The molecule has 1 aliphatic rings. The molecule has 1 heteroatoms. The maximum absolute atomic E-state index is 2.42. The highest BCUT2D eigenvalue weighted by Crippen LogP contribution is 2.52. The molecule has 2 aromatic carbocycles. The standard InChI is InChI=1S/C22H25N/c1-21(2,3)14-11-12-18-16(13-14)19-20(23(18)6)15-9-7-8-10-17(15)22(19,4)5/h7-13H,1-6H3. The number of nitrogens with zero attached hydrogens (tertiary/aromatic N) is 1. The normalized spacial score (nSPS) is 15.7. The van der Waals surface area contributed by atoms with Crippen LogP contribution in [0.15, 0.2) is 42.5 Å². The van der Waals surface area contributed by atoms with E-state index in [0.29, 0.717) is 0 Å². The van der Waals surface area contributed by atoms with Gasteiger partial charge in [0.15, 0.2) is 0 Å². The summed E-state index contributed by atoms with van der Waals surface area (Å²) < 4.78 is 2.38. The molecule has 0 spiro atoms. The van der Waals surface area contributed by atoms with Crippen molar-refractivity contribution < 1.29 is 0 Å². The highest BCUT2D eigenvalue weighted by Gasteiger charge is 2.39. The van der Waals surface area contributed by atoms with Crippen molar-refractivity contribution >= 4 is 10.9 Å². The summed E-state index contributed by atoms with van der Waals surface area (Å²) in [6, 6.07) is 15.9. The van der Waals surface area contributed by atoms with E-state index in [9.17, 15) is 0 Å². The topological polar surface area (TPSA) is 4.93 Å². The zero-order valence-corrected chi connectivity index (χ0v) is 15.0. The number of rotatable bonds is 0. The second-order valence-corrected chi connectivity index (χ2v) is 8.44. The first-order valence-corrected chi connectivity index (χ1v) is 8.46. The van der Waals surface area contributed by atoms with Gasteiger partial charge < -0.3 is 4.57 Å². The van der Waals surface area contributed by atoms with Crippen molar-refractivity contribution in [3.8, 4) is 11.3 Å². The summed E-state index contributed by atoms with van der Waals surface area (Å²) in [5, 5.41) is 1.41. The quantitative estimate of drug-likeness (QED) is 0.496. The molecule has 1 aromatic heterocycles. The van der Waals surface area contributed by atoms with Gasteiger partial charge in [0.05, 0.1) is 5.69 Å². The lowest BCUT2D eigenvalue weighted by Crippen LogP contribution is -2.15. The lowest BCUT2D eigenvalue weighted by Gasteiger charge is -2.23. The van der Waals surface area contributed by atoms with Crippen molar-refractivity contribution in [3.63, 3.8) is 0 Å². The Kier molecular flexibility index (Phi) is 2.71. The third kappa shape index (κ3) is 1.80. The van der Waals surface area contributed by atoms with Crippen LogP contribution in [0, 0.1) is 0 Å². The van der Waals surface area contributed by atoms with Gasteiger partial charge >= 0.3 is 0 Å². The summed E-state index contributed by atoms with van der Waals surface area (Å²) in [4.78, 5) is 0. The van der Waals surface area contributed by atoms with Crippen LogP contribution in [-0.4, -0.2) is 4.57 Å². The Bertz CT molecular complexity index is 932. The maximum atomic E-state index is 2.42. The minimum Gasteiger partial charge on any atom is -0.343 e. The third-order valence-electron chi connectivity index (χ3n) is 5.55. The van der Waals surface area contributed by atoms with Gasteiger partial charge in [-0.25, -0.2) is 0 Å². The van der Waals surface area contributed by atoms with Crippen LogP contribution >= 0.6 is 0 Å². The number of benzene rings is 2. The number of hydrogen-bond donors (Lipinski definition) is 0. The molecule has 1 nitrogen and oxygen atoms in total. The predicted molar refractivity (Wildman–Crippen MR) is 99.2 cm³/mol. The molecule has 0 radical (unpaired) electrons. The Morgan fingerprint density at radius 2 is 1.65 bits per heavy atom. The third-order valence-corrected chi connectivity index (χ3v) is 5.55. The molecule has 4 rings (SSSR count). The fourth-order valence-corrected chi connectivity index (χ4v) is 4.23. The van der Waals surface area contributed by atoms with E-state index in [-0.39, 0.29) is 10.8 Å². The summed E-state index contributed by atoms with van der Waals surface area (Å²) in [6.07, 6.45) is 0. The molecule has 0 aliphatic heterocycles. The zero-order chi connectivity index (χ0) is 16.6. The summed E-state index contributed by atoms with van der Waals surface area (Å²) in [5.74, 6) is 0. The van der Waals surface area contributed by atoms with E-state index in [1.165, 1.54) is 38.9 Å². The molecule has 23 heavy (non-hydrogen) atoms. The first-order chi connectivity index (χ1) is 10.7. The Balaban J connectivity index is 2.13. The van der Waals surface area contributed by atoms with E-state index in [4.69, 9.17) is 0 Å². The lowest BCUT2D eigenvalue weighted by molar-refractivity contribution is 0.591. The SMILES string of the molecule is Cn1c2c(c3cc(C(C)(C)C)ccc31)C(C)(C)c1ccccc1-2.